The van der Waals surface area contributed by atoms with Gasteiger partial charge in [-0.05, 0) is 57.1 Å². The van der Waals surface area contributed by atoms with E-state index in [0.29, 0.717) is 31.6 Å². The second-order valence-electron chi connectivity index (χ2n) is 8.18. The molecular weight excluding hydrogens is 356 g/mol. The number of aryl methyl sites for hydroxylation is 1. The zero-order valence-corrected chi connectivity index (χ0v) is 16.6. The van der Waals surface area contributed by atoms with Crippen molar-refractivity contribution in [1.29, 1.82) is 0 Å². The molecule has 152 valence electrons. The lowest BCUT2D eigenvalue weighted by molar-refractivity contribution is -0.139. The number of hydrogen-bond donors (Lipinski definition) is 1. The Hall–Kier alpha value is -2.37. The van der Waals surface area contributed by atoms with Gasteiger partial charge < -0.3 is 14.9 Å². The summed E-state index contributed by atoms with van der Waals surface area (Å²) in [5, 5.41) is 8.90. The van der Waals surface area contributed by atoms with Crippen molar-refractivity contribution in [2.75, 3.05) is 26.2 Å². The summed E-state index contributed by atoms with van der Waals surface area (Å²) < 4.78 is 0. The molecule has 2 aliphatic rings. The fraction of sp³-hybridized carbons (Fsp3) is 0.591. The standard InChI is InChI=1S/C22H30N2O4/c1-16-6-9-18(10-7-16)21(27)24-13-3-5-19(15-24)22(28)23-12-2-4-17(14-23)8-11-20(25)26/h6-7,9-10,17,19H,2-5,8,11-15H2,1H3,(H,25,26). The molecule has 2 fully saturated rings. The predicted molar refractivity (Wildman–Crippen MR) is 106 cm³/mol. The number of aliphatic carboxylic acids is 1. The van der Waals surface area contributed by atoms with Gasteiger partial charge in [0.25, 0.3) is 5.91 Å². The molecule has 2 atom stereocenters. The number of likely N-dealkylation sites (tertiary alicyclic amines) is 2. The van der Waals surface area contributed by atoms with Crippen LogP contribution >= 0.6 is 0 Å². The first-order chi connectivity index (χ1) is 13.4. The Bertz CT molecular complexity index is 716. The van der Waals surface area contributed by atoms with Crippen LogP contribution in [0.25, 0.3) is 0 Å². The van der Waals surface area contributed by atoms with E-state index < -0.39 is 5.97 Å². The van der Waals surface area contributed by atoms with Crippen molar-refractivity contribution in [3.05, 3.63) is 35.4 Å². The maximum absolute atomic E-state index is 13.1. The van der Waals surface area contributed by atoms with Gasteiger partial charge in [-0.15, -0.1) is 0 Å². The molecule has 2 heterocycles. The number of carboxylic acids is 1. The van der Waals surface area contributed by atoms with E-state index >= 15 is 0 Å². The smallest absolute Gasteiger partial charge is 0.303 e. The molecule has 6 nitrogen and oxygen atoms in total. The van der Waals surface area contributed by atoms with Crippen LogP contribution in [0.1, 0.15) is 54.4 Å². The second-order valence-corrected chi connectivity index (χ2v) is 8.18. The zero-order chi connectivity index (χ0) is 20.1. The van der Waals surface area contributed by atoms with Crippen LogP contribution < -0.4 is 0 Å². The number of rotatable bonds is 5. The summed E-state index contributed by atoms with van der Waals surface area (Å²) in [6.07, 6.45) is 4.35. The fourth-order valence-electron chi connectivity index (χ4n) is 4.33. The van der Waals surface area contributed by atoms with Gasteiger partial charge in [0.15, 0.2) is 0 Å². The highest BCUT2D eigenvalue weighted by molar-refractivity contribution is 5.94. The number of hydrogen-bond acceptors (Lipinski definition) is 3. The van der Waals surface area contributed by atoms with Crippen LogP contribution in [0.5, 0.6) is 0 Å². The lowest BCUT2D eigenvalue weighted by Gasteiger charge is -2.38. The molecule has 2 aliphatic heterocycles. The molecule has 1 N–H and O–H groups in total. The van der Waals surface area contributed by atoms with E-state index in [2.05, 4.69) is 0 Å². The Labute approximate surface area is 166 Å². The van der Waals surface area contributed by atoms with Crippen molar-refractivity contribution in [3.8, 4) is 0 Å². The van der Waals surface area contributed by atoms with E-state index in [1.165, 1.54) is 0 Å². The van der Waals surface area contributed by atoms with Crippen molar-refractivity contribution in [2.24, 2.45) is 11.8 Å². The van der Waals surface area contributed by atoms with Crippen molar-refractivity contribution in [3.63, 3.8) is 0 Å². The summed E-state index contributed by atoms with van der Waals surface area (Å²) in [4.78, 5) is 40.4. The molecule has 2 saturated heterocycles. The highest BCUT2D eigenvalue weighted by Crippen LogP contribution is 2.26. The normalized spacial score (nSPS) is 22.8. The van der Waals surface area contributed by atoms with Gasteiger partial charge in [-0.1, -0.05) is 17.7 Å². The molecule has 0 spiro atoms. The van der Waals surface area contributed by atoms with Gasteiger partial charge in [0.1, 0.15) is 0 Å². The van der Waals surface area contributed by atoms with Crippen LogP contribution in [-0.4, -0.2) is 58.9 Å². The number of amides is 2. The summed E-state index contributed by atoms with van der Waals surface area (Å²) in [7, 11) is 0. The SMILES string of the molecule is Cc1ccc(C(=O)N2CCCC(C(=O)N3CCCC(CCC(=O)O)C3)C2)cc1. The number of benzene rings is 1. The molecule has 0 aliphatic carbocycles. The van der Waals surface area contributed by atoms with Crippen molar-refractivity contribution in [2.45, 2.75) is 45.4 Å². The van der Waals surface area contributed by atoms with Crippen molar-refractivity contribution >= 4 is 17.8 Å². The van der Waals surface area contributed by atoms with Crippen LogP contribution in [0.15, 0.2) is 24.3 Å². The van der Waals surface area contributed by atoms with Gasteiger partial charge >= 0.3 is 5.97 Å². The maximum Gasteiger partial charge on any atom is 0.303 e. The summed E-state index contributed by atoms with van der Waals surface area (Å²) in [5.74, 6) is -0.540. The third-order valence-corrected chi connectivity index (χ3v) is 5.95. The van der Waals surface area contributed by atoms with E-state index in [1.807, 2.05) is 41.0 Å². The summed E-state index contributed by atoms with van der Waals surface area (Å²) in [6, 6.07) is 7.57. The maximum atomic E-state index is 13.1. The Morgan fingerprint density at radius 2 is 1.68 bits per heavy atom. The van der Waals surface area contributed by atoms with Crippen LogP contribution in [0.3, 0.4) is 0 Å². The molecule has 2 unspecified atom stereocenters. The summed E-state index contributed by atoms with van der Waals surface area (Å²) >= 11 is 0. The third kappa shape index (κ3) is 5.12. The van der Waals surface area contributed by atoms with Gasteiger partial charge in [-0.3, -0.25) is 14.4 Å². The average molecular weight is 386 g/mol. The van der Waals surface area contributed by atoms with E-state index in [9.17, 15) is 14.4 Å². The molecule has 0 radical (unpaired) electrons. The highest BCUT2D eigenvalue weighted by Gasteiger charge is 2.33. The zero-order valence-electron chi connectivity index (χ0n) is 16.6. The quantitative estimate of drug-likeness (QED) is 0.844. The molecule has 1 aromatic carbocycles. The van der Waals surface area contributed by atoms with Crippen LogP contribution in [-0.2, 0) is 9.59 Å². The topological polar surface area (TPSA) is 77.9 Å². The molecule has 28 heavy (non-hydrogen) atoms. The summed E-state index contributed by atoms with van der Waals surface area (Å²) in [5.41, 5.74) is 1.79. The first-order valence-electron chi connectivity index (χ1n) is 10.3. The van der Waals surface area contributed by atoms with Gasteiger partial charge in [0.2, 0.25) is 5.91 Å². The molecule has 0 bridgehead atoms. The molecule has 2 amide bonds. The fourth-order valence-corrected chi connectivity index (χ4v) is 4.33. The lowest BCUT2D eigenvalue weighted by atomic mass is 9.90. The molecule has 6 heteroatoms. The number of carboxylic acid groups (broad SMARTS) is 1. The Balaban J connectivity index is 1.58. The highest BCUT2D eigenvalue weighted by atomic mass is 16.4. The molecule has 3 rings (SSSR count). The monoisotopic (exact) mass is 386 g/mol. The summed E-state index contributed by atoms with van der Waals surface area (Å²) in [6.45, 7) is 4.55. The largest absolute Gasteiger partial charge is 0.481 e. The Kier molecular flexibility index (Phi) is 6.70. The molecule has 0 aromatic heterocycles. The number of nitrogens with zero attached hydrogens (tertiary/aromatic N) is 2. The van der Waals surface area contributed by atoms with E-state index in [4.69, 9.17) is 5.11 Å². The van der Waals surface area contributed by atoms with E-state index in [0.717, 1.165) is 37.8 Å². The number of carbonyl (C=O) groups is 3. The molecule has 1 aromatic rings. The minimum atomic E-state index is -0.777. The van der Waals surface area contributed by atoms with Crippen molar-refractivity contribution in [1.82, 2.24) is 9.80 Å². The van der Waals surface area contributed by atoms with Crippen molar-refractivity contribution < 1.29 is 19.5 Å². The first-order valence-corrected chi connectivity index (χ1v) is 10.3. The first kappa shape index (κ1) is 20.4. The predicted octanol–water partition coefficient (Wildman–Crippen LogP) is 2.95. The Morgan fingerprint density at radius 1 is 1.00 bits per heavy atom. The van der Waals surface area contributed by atoms with E-state index in [1.54, 1.807) is 0 Å². The van der Waals surface area contributed by atoms with Crippen LogP contribution in [0.4, 0.5) is 0 Å². The lowest BCUT2D eigenvalue weighted by Crippen LogP contribution is -2.49. The minimum absolute atomic E-state index is 0.00419. The number of piperidine rings is 2. The van der Waals surface area contributed by atoms with Crippen LogP contribution in [0.2, 0.25) is 0 Å². The van der Waals surface area contributed by atoms with Gasteiger partial charge in [-0.25, -0.2) is 0 Å². The van der Waals surface area contributed by atoms with Gasteiger partial charge in [0.05, 0.1) is 5.92 Å². The second kappa shape index (κ2) is 9.22. The van der Waals surface area contributed by atoms with E-state index in [-0.39, 0.29) is 30.1 Å². The van der Waals surface area contributed by atoms with Gasteiger partial charge in [-0.2, -0.15) is 0 Å². The average Bonchev–Trinajstić information content (AvgIpc) is 2.72. The number of carbonyl (C=O) groups excluding carboxylic acids is 2. The van der Waals surface area contributed by atoms with Gasteiger partial charge in [0, 0.05) is 38.2 Å². The van der Waals surface area contributed by atoms with Crippen LogP contribution in [0, 0.1) is 18.8 Å². The molecular formula is C22H30N2O4. The minimum Gasteiger partial charge on any atom is -0.481 e. The molecule has 0 saturated carbocycles. The third-order valence-electron chi connectivity index (χ3n) is 5.95. The Morgan fingerprint density at radius 3 is 2.39 bits per heavy atom.